The number of nitrogens with two attached hydrogens (primary N) is 1. The Morgan fingerprint density at radius 3 is 2.75 bits per heavy atom. The number of anilines is 1. The number of nitrogen functional groups attached to an aromatic ring is 1. The quantitative estimate of drug-likeness (QED) is 0.625. The van der Waals surface area contributed by atoms with Crippen molar-refractivity contribution in [2.75, 3.05) is 5.73 Å². The van der Waals surface area contributed by atoms with E-state index in [1.807, 2.05) is 24.3 Å². The van der Waals surface area contributed by atoms with Gasteiger partial charge in [0.15, 0.2) is 0 Å². The molecule has 0 aliphatic heterocycles. The molecule has 1 heterocycles. The Balaban J connectivity index is 1.94. The Kier molecular flexibility index (Phi) is 4.41. The highest BCUT2D eigenvalue weighted by molar-refractivity contribution is 9.10. The van der Waals surface area contributed by atoms with Crippen LogP contribution in [0.4, 0.5) is 5.95 Å². The maximum atomic E-state index is 11.6. The van der Waals surface area contributed by atoms with Crippen molar-refractivity contribution >= 4 is 33.5 Å². The van der Waals surface area contributed by atoms with Gasteiger partial charge in [-0.15, -0.1) is 5.10 Å². The van der Waals surface area contributed by atoms with Crippen LogP contribution < -0.4 is 11.2 Å². The van der Waals surface area contributed by atoms with E-state index >= 15 is 0 Å². The van der Waals surface area contributed by atoms with Gasteiger partial charge in [-0.3, -0.25) is 4.79 Å². The lowest BCUT2D eigenvalue weighted by atomic mass is 10.1. The molecule has 0 saturated heterocycles. The number of hydrogen-bond donors (Lipinski definition) is 2. The molecule has 8 nitrogen and oxygen atoms in total. The third kappa shape index (κ3) is 3.85. The summed E-state index contributed by atoms with van der Waals surface area (Å²) in [7, 11) is 0. The minimum atomic E-state index is -0.362. The van der Waals surface area contributed by atoms with Gasteiger partial charge in [0.1, 0.15) is 6.54 Å². The van der Waals surface area contributed by atoms with E-state index in [1.165, 1.54) is 0 Å². The fourth-order valence-corrected chi connectivity index (χ4v) is 1.65. The van der Waals surface area contributed by atoms with Crippen LogP contribution in [0.2, 0.25) is 0 Å². The molecule has 3 N–H and O–H groups in total. The van der Waals surface area contributed by atoms with Crippen LogP contribution in [0.3, 0.4) is 0 Å². The number of halogens is 1. The molecule has 0 aliphatic rings. The summed E-state index contributed by atoms with van der Waals surface area (Å²) in [6.07, 6.45) is 0. The normalized spacial score (nSPS) is 11.4. The molecule has 104 valence electrons. The van der Waals surface area contributed by atoms with Gasteiger partial charge in [-0.05, 0) is 29.8 Å². The van der Waals surface area contributed by atoms with E-state index in [0.717, 1.165) is 14.8 Å². The highest BCUT2D eigenvalue weighted by atomic mass is 79.9. The van der Waals surface area contributed by atoms with Gasteiger partial charge in [0, 0.05) is 4.47 Å². The number of amides is 1. The Hall–Kier alpha value is -2.29. The summed E-state index contributed by atoms with van der Waals surface area (Å²) in [6, 6.07) is 7.60. The maximum Gasteiger partial charge on any atom is 0.263 e. The molecule has 0 bridgehead atoms. The molecule has 0 radical (unpaired) electrons. The van der Waals surface area contributed by atoms with Gasteiger partial charge in [-0.1, -0.05) is 33.2 Å². The number of rotatable bonds is 4. The molecule has 0 fully saturated rings. The largest absolute Gasteiger partial charge is 0.365 e. The number of hydrazone groups is 1. The van der Waals surface area contributed by atoms with Gasteiger partial charge >= 0.3 is 0 Å². The zero-order valence-electron chi connectivity index (χ0n) is 10.6. The summed E-state index contributed by atoms with van der Waals surface area (Å²) in [5, 5.41) is 14.8. The molecule has 2 aromatic rings. The smallest absolute Gasteiger partial charge is 0.263 e. The van der Waals surface area contributed by atoms with Crippen molar-refractivity contribution < 1.29 is 4.79 Å². The summed E-state index contributed by atoms with van der Waals surface area (Å²) in [6.45, 7) is 1.70. The highest BCUT2D eigenvalue weighted by Crippen LogP contribution is 2.10. The van der Waals surface area contributed by atoms with Gasteiger partial charge in [0.05, 0.1) is 5.71 Å². The lowest BCUT2D eigenvalue weighted by Gasteiger charge is -2.02. The fraction of sp³-hybridized carbons (Fsp3) is 0.182. The molecule has 0 atom stereocenters. The first kappa shape index (κ1) is 14.1. The zero-order valence-corrected chi connectivity index (χ0v) is 12.2. The van der Waals surface area contributed by atoms with E-state index in [1.54, 1.807) is 6.92 Å². The topological polar surface area (TPSA) is 111 Å². The number of nitrogens with zero attached hydrogens (tertiary/aromatic N) is 5. The predicted octanol–water partition coefficient (Wildman–Crippen LogP) is 0.558. The lowest BCUT2D eigenvalue weighted by molar-refractivity contribution is -0.122. The van der Waals surface area contributed by atoms with Crippen LogP contribution in [-0.2, 0) is 11.3 Å². The third-order valence-electron chi connectivity index (χ3n) is 2.36. The van der Waals surface area contributed by atoms with Gasteiger partial charge in [-0.25, -0.2) is 5.43 Å². The second kappa shape index (κ2) is 6.24. The van der Waals surface area contributed by atoms with E-state index in [-0.39, 0.29) is 18.4 Å². The molecule has 1 aromatic carbocycles. The summed E-state index contributed by atoms with van der Waals surface area (Å²) >= 11 is 3.35. The van der Waals surface area contributed by atoms with Gasteiger partial charge < -0.3 is 5.73 Å². The van der Waals surface area contributed by atoms with Gasteiger partial charge in [0.2, 0.25) is 0 Å². The molecular weight excluding hydrogens is 326 g/mol. The Morgan fingerprint density at radius 1 is 1.45 bits per heavy atom. The predicted molar refractivity (Wildman–Crippen MR) is 76.7 cm³/mol. The molecule has 9 heteroatoms. The van der Waals surface area contributed by atoms with E-state index in [4.69, 9.17) is 5.73 Å². The Bertz CT molecular complexity index is 634. The molecule has 0 unspecified atom stereocenters. The van der Waals surface area contributed by atoms with Crippen LogP contribution in [0.1, 0.15) is 12.5 Å². The molecule has 2 rings (SSSR count). The van der Waals surface area contributed by atoms with Crippen LogP contribution in [0.25, 0.3) is 0 Å². The van der Waals surface area contributed by atoms with Crippen LogP contribution in [-0.4, -0.2) is 31.8 Å². The summed E-state index contributed by atoms with van der Waals surface area (Å²) in [5.74, 6) is -0.341. The van der Waals surface area contributed by atoms with Crippen molar-refractivity contribution in [2.45, 2.75) is 13.5 Å². The fourth-order valence-electron chi connectivity index (χ4n) is 1.39. The number of tetrazole rings is 1. The number of carbonyl (C=O) groups excluding carboxylic acids is 1. The van der Waals surface area contributed by atoms with Gasteiger partial charge in [0.25, 0.3) is 11.9 Å². The Morgan fingerprint density at radius 2 is 2.15 bits per heavy atom. The molecule has 20 heavy (non-hydrogen) atoms. The summed E-state index contributed by atoms with van der Waals surface area (Å²) in [4.78, 5) is 12.7. The minimum Gasteiger partial charge on any atom is -0.365 e. The second-order valence-electron chi connectivity index (χ2n) is 3.92. The van der Waals surface area contributed by atoms with Crippen molar-refractivity contribution in [3.05, 3.63) is 34.3 Å². The molecule has 1 aromatic heterocycles. The maximum absolute atomic E-state index is 11.6. The average molecular weight is 338 g/mol. The SMILES string of the molecule is C/C(=N\NC(=O)Cn1nnc(N)n1)c1ccc(Br)cc1. The molecule has 0 spiro atoms. The summed E-state index contributed by atoms with van der Waals surface area (Å²) < 4.78 is 0.980. The van der Waals surface area contributed by atoms with Crippen LogP contribution in [0.15, 0.2) is 33.8 Å². The molecule has 0 aliphatic carbocycles. The first-order valence-corrected chi connectivity index (χ1v) is 6.46. The molecule has 1 amide bonds. The summed E-state index contributed by atoms with van der Waals surface area (Å²) in [5.41, 5.74) is 9.32. The van der Waals surface area contributed by atoms with E-state index < -0.39 is 0 Å². The number of hydrogen-bond acceptors (Lipinski definition) is 6. The van der Waals surface area contributed by atoms with Crippen LogP contribution in [0.5, 0.6) is 0 Å². The van der Waals surface area contributed by atoms with Crippen molar-refractivity contribution in [2.24, 2.45) is 5.10 Å². The van der Waals surface area contributed by atoms with Crippen LogP contribution >= 0.6 is 15.9 Å². The number of benzene rings is 1. The average Bonchev–Trinajstić information content (AvgIpc) is 2.82. The van der Waals surface area contributed by atoms with Crippen molar-refractivity contribution in [1.29, 1.82) is 0 Å². The van der Waals surface area contributed by atoms with Crippen molar-refractivity contribution in [1.82, 2.24) is 25.6 Å². The van der Waals surface area contributed by atoms with Gasteiger partial charge in [-0.2, -0.15) is 9.90 Å². The van der Waals surface area contributed by atoms with E-state index in [9.17, 15) is 4.79 Å². The highest BCUT2D eigenvalue weighted by Gasteiger charge is 2.05. The van der Waals surface area contributed by atoms with Crippen molar-refractivity contribution in [3.8, 4) is 0 Å². The van der Waals surface area contributed by atoms with Crippen LogP contribution in [0, 0.1) is 0 Å². The number of aromatic nitrogens is 4. The zero-order chi connectivity index (χ0) is 14.5. The number of carbonyl (C=O) groups is 1. The monoisotopic (exact) mass is 337 g/mol. The minimum absolute atomic E-state index is 0.0207. The second-order valence-corrected chi connectivity index (χ2v) is 4.83. The van der Waals surface area contributed by atoms with E-state index in [2.05, 4.69) is 41.9 Å². The first-order valence-electron chi connectivity index (χ1n) is 5.67. The Labute approximate surface area is 123 Å². The molecule has 0 saturated carbocycles. The first-order chi connectivity index (χ1) is 9.54. The molecular formula is C11H12BrN7O. The number of nitrogens with one attached hydrogen (secondary N) is 1. The van der Waals surface area contributed by atoms with Crippen molar-refractivity contribution in [3.63, 3.8) is 0 Å². The standard InChI is InChI=1S/C11H12BrN7O/c1-7(8-2-4-9(12)5-3-8)14-15-10(20)6-19-17-11(13)16-18-19/h2-5H,6H2,1H3,(H2,13,17)(H,15,20)/b14-7+. The lowest BCUT2D eigenvalue weighted by Crippen LogP contribution is -2.25. The van der Waals surface area contributed by atoms with E-state index in [0.29, 0.717) is 5.71 Å². The third-order valence-corrected chi connectivity index (χ3v) is 2.89.